The lowest BCUT2D eigenvalue weighted by atomic mass is 9.38. The molecule has 0 amide bonds. The van der Waals surface area contributed by atoms with Gasteiger partial charge < -0.3 is 4.74 Å². The Balaban J connectivity index is 1.62. The van der Waals surface area contributed by atoms with Gasteiger partial charge in [0.2, 0.25) is 0 Å². The molecule has 4 fully saturated rings. The number of methoxy groups -OCH3 is 1. The molecule has 8 rings (SSSR count). The molecule has 2 aromatic rings. The lowest BCUT2D eigenvalue weighted by Gasteiger charge is -2.66. The zero-order valence-corrected chi connectivity index (χ0v) is 19.7. The van der Waals surface area contributed by atoms with E-state index in [2.05, 4.69) is 0 Å². The number of benzene rings is 2. The molecule has 4 saturated carbocycles. The summed E-state index contributed by atoms with van der Waals surface area (Å²) in [7, 11) is 1.35. The second-order valence-electron chi connectivity index (χ2n) is 11.5. The topological polar surface area (TPSA) is 9.23 Å². The normalized spacial score (nSPS) is 38.2. The lowest BCUT2D eigenvalue weighted by Crippen LogP contribution is -2.60. The van der Waals surface area contributed by atoms with Gasteiger partial charge in [0.15, 0.2) is 0 Å². The summed E-state index contributed by atoms with van der Waals surface area (Å²) in [5.74, 6) is -15.8. The fraction of sp³-hybridized carbons (Fsp3) is 0.517. The molecule has 0 heterocycles. The van der Waals surface area contributed by atoms with Crippen LogP contribution >= 0.6 is 0 Å². The van der Waals surface area contributed by atoms with Crippen molar-refractivity contribution in [2.75, 3.05) is 7.11 Å². The highest BCUT2D eigenvalue weighted by Gasteiger charge is 2.83. The van der Waals surface area contributed by atoms with E-state index < -0.39 is 40.2 Å². The number of fused-ring (bicyclic) bond motifs is 2. The quantitative estimate of drug-likeness (QED) is 0.379. The summed E-state index contributed by atoms with van der Waals surface area (Å²) in [5, 5.41) is 0. The maximum Gasteiger partial charge on any atom is 0.380 e. The van der Waals surface area contributed by atoms with Gasteiger partial charge >= 0.3 is 17.8 Å². The van der Waals surface area contributed by atoms with Gasteiger partial charge in [0.05, 0.1) is 7.11 Å². The minimum atomic E-state index is -5.53. The van der Waals surface area contributed by atoms with E-state index in [0.717, 1.165) is 32.1 Å². The van der Waals surface area contributed by atoms with E-state index in [9.17, 15) is 0 Å². The molecule has 190 valence electrons. The van der Waals surface area contributed by atoms with Gasteiger partial charge in [-0.25, -0.2) is 0 Å². The van der Waals surface area contributed by atoms with E-state index >= 15 is 26.3 Å². The number of alkyl halides is 6. The van der Waals surface area contributed by atoms with E-state index in [1.165, 1.54) is 13.2 Å². The molecule has 4 bridgehead atoms. The first-order valence-electron chi connectivity index (χ1n) is 12.7. The third kappa shape index (κ3) is 2.41. The monoisotopic (exact) mass is 504 g/mol. The Kier molecular flexibility index (Phi) is 4.36. The fourth-order valence-electron chi connectivity index (χ4n) is 9.08. The predicted molar refractivity (Wildman–Crippen MR) is 123 cm³/mol. The summed E-state index contributed by atoms with van der Waals surface area (Å²) in [6.45, 7) is 0. The number of rotatable bonds is 2. The number of hydrogen-bond donors (Lipinski definition) is 0. The Hall–Kier alpha value is -2.44. The Morgan fingerprint density at radius 1 is 0.750 bits per heavy atom. The molecule has 1 unspecified atom stereocenters. The summed E-state index contributed by atoms with van der Waals surface area (Å²) < 4.78 is 98.3. The zero-order chi connectivity index (χ0) is 25.3. The SMILES string of the molecule is COc1ccc2c(c1)C1=C(C(c3ccccc3)C23C2CC4CC(C2)CC3C4)C(F)(F)C(F)(F)C1(F)F. The minimum Gasteiger partial charge on any atom is -0.497 e. The summed E-state index contributed by atoms with van der Waals surface area (Å²) in [6.07, 6.45) is 4.34. The molecule has 6 aliphatic rings. The van der Waals surface area contributed by atoms with E-state index in [-0.39, 0.29) is 23.1 Å². The van der Waals surface area contributed by atoms with Crippen LogP contribution < -0.4 is 4.74 Å². The second kappa shape index (κ2) is 6.90. The molecule has 0 aromatic heterocycles. The third-order valence-corrected chi connectivity index (χ3v) is 10.1. The molecule has 0 aliphatic heterocycles. The summed E-state index contributed by atoms with van der Waals surface area (Å²) >= 11 is 0. The van der Waals surface area contributed by atoms with Crippen molar-refractivity contribution in [2.45, 2.75) is 61.2 Å². The van der Waals surface area contributed by atoms with Crippen molar-refractivity contribution in [3.63, 3.8) is 0 Å². The van der Waals surface area contributed by atoms with E-state index in [1.807, 2.05) is 0 Å². The van der Waals surface area contributed by atoms with Crippen molar-refractivity contribution < 1.29 is 31.1 Å². The highest BCUT2D eigenvalue weighted by molar-refractivity contribution is 5.87. The fourth-order valence-corrected chi connectivity index (χ4v) is 9.08. The molecule has 0 radical (unpaired) electrons. The molecule has 1 nitrogen and oxygen atoms in total. The smallest absolute Gasteiger partial charge is 0.380 e. The summed E-state index contributed by atoms with van der Waals surface area (Å²) in [5.41, 5.74) is -2.51. The number of ether oxygens (including phenoxy) is 1. The van der Waals surface area contributed by atoms with Gasteiger partial charge in [0.25, 0.3) is 0 Å². The van der Waals surface area contributed by atoms with Gasteiger partial charge in [-0.2, -0.15) is 26.3 Å². The van der Waals surface area contributed by atoms with Crippen LogP contribution in [0.4, 0.5) is 26.3 Å². The summed E-state index contributed by atoms with van der Waals surface area (Å²) in [6, 6.07) is 13.0. The average Bonchev–Trinajstić information content (AvgIpc) is 2.95. The van der Waals surface area contributed by atoms with Gasteiger partial charge in [0, 0.05) is 22.5 Å². The van der Waals surface area contributed by atoms with E-state index in [0.29, 0.717) is 23.0 Å². The molecule has 1 atom stereocenters. The Morgan fingerprint density at radius 2 is 1.36 bits per heavy atom. The van der Waals surface area contributed by atoms with Crippen LogP contribution in [0.3, 0.4) is 0 Å². The van der Waals surface area contributed by atoms with Crippen molar-refractivity contribution in [1.29, 1.82) is 0 Å². The lowest BCUT2D eigenvalue weighted by molar-refractivity contribution is -0.261. The van der Waals surface area contributed by atoms with E-state index in [4.69, 9.17) is 4.74 Å². The van der Waals surface area contributed by atoms with Crippen molar-refractivity contribution in [3.05, 3.63) is 70.8 Å². The van der Waals surface area contributed by atoms with E-state index in [1.54, 1.807) is 42.5 Å². The first-order valence-corrected chi connectivity index (χ1v) is 12.7. The van der Waals surface area contributed by atoms with Gasteiger partial charge in [-0.15, -0.1) is 0 Å². The van der Waals surface area contributed by atoms with Crippen LogP contribution in [-0.4, -0.2) is 24.9 Å². The molecule has 6 aliphatic carbocycles. The Morgan fingerprint density at radius 3 is 1.94 bits per heavy atom. The molecule has 0 N–H and O–H groups in total. The van der Waals surface area contributed by atoms with Crippen LogP contribution in [0.25, 0.3) is 5.57 Å². The first-order chi connectivity index (χ1) is 17.0. The van der Waals surface area contributed by atoms with Gasteiger partial charge in [0.1, 0.15) is 5.75 Å². The van der Waals surface area contributed by atoms with Gasteiger partial charge in [-0.05, 0) is 84.6 Å². The minimum absolute atomic E-state index is 0.0428. The Bertz CT molecular complexity index is 1250. The largest absolute Gasteiger partial charge is 0.497 e. The summed E-state index contributed by atoms with van der Waals surface area (Å²) in [4.78, 5) is 0. The average molecular weight is 505 g/mol. The van der Waals surface area contributed by atoms with Gasteiger partial charge in [-0.1, -0.05) is 36.4 Å². The highest BCUT2D eigenvalue weighted by Crippen LogP contribution is 2.76. The highest BCUT2D eigenvalue weighted by atomic mass is 19.3. The third-order valence-electron chi connectivity index (χ3n) is 10.1. The van der Waals surface area contributed by atoms with Crippen molar-refractivity contribution in [1.82, 2.24) is 0 Å². The molecule has 7 heteroatoms. The molecule has 0 saturated heterocycles. The van der Waals surface area contributed by atoms with Crippen molar-refractivity contribution in [2.24, 2.45) is 23.7 Å². The van der Waals surface area contributed by atoms with Crippen LogP contribution in [-0.2, 0) is 5.41 Å². The van der Waals surface area contributed by atoms with Crippen LogP contribution in [0.2, 0.25) is 0 Å². The van der Waals surface area contributed by atoms with Crippen LogP contribution in [0.5, 0.6) is 5.75 Å². The van der Waals surface area contributed by atoms with Crippen molar-refractivity contribution >= 4 is 5.57 Å². The predicted octanol–water partition coefficient (Wildman–Crippen LogP) is 7.86. The van der Waals surface area contributed by atoms with Crippen LogP contribution in [0, 0.1) is 23.7 Å². The molecule has 1 spiro atoms. The number of allylic oxidation sites excluding steroid dienone is 2. The maximum atomic E-state index is 15.8. The van der Waals surface area contributed by atoms with Gasteiger partial charge in [-0.3, -0.25) is 0 Å². The van der Waals surface area contributed by atoms with Crippen LogP contribution in [0.15, 0.2) is 54.1 Å². The molecular weight excluding hydrogens is 478 g/mol. The number of hydrogen-bond acceptors (Lipinski definition) is 1. The molecular formula is C29H26F6O. The standard InChI is InChI=1S/C29H26F6O/c1-36-20-7-8-22-21(14-20)24-25(28(32,33)29(34,35)27(24,30)31)23(17-5-3-2-4-6-17)26(22)18-10-15-9-16(12-18)13-19(26)11-15/h2-8,14-16,18-19,23H,9-13H2,1H3. The maximum absolute atomic E-state index is 15.8. The zero-order valence-electron chi connectivity index (χ0n) is 19.7. The second-order valence-corrected chi connectivity index (χ2v) is 11.5. The first kappa shape index (κ1) is 22.7. The molecule has 36 heavy (non-hydrogen) atoms. The molecule has 2 aromatic carbocycles. The number of halogens is 6. The Labute approximate surface area is 205 Å². The van der Waals surface area contributed by atoms with Crippen molar-refractivity contribution in [3.8, 4) is 5.75 Å². The van der Waals surface area contributed by atoms with Crippen LogP contribution in [0.1, 0.15) is 54.7 Å².